The second-order valence-corrected chi connectivity index (χ2v) is 8.65. The topological polar surface area (TPSA) is 56.8 Å². The molecule has 0 bridgehead atoms. The van der Waals surface area contributed by atoms with Crippen LogP contribution in [0.15, 0.2) is 0 Å². The first-order chi connectivity index (χ1) is 14.8. The zero-order valence-electron chi connectivity index (χ0n) is 19.8. The van der Waals surface area contributed by atoms with Crippen LogP contribution in [0, 0.1) is 0 Å². The highest BCUT2D eigenvalue weighted by atomic mass is 16.6. The van der Waals surface area contributed by atoms with Crippen LogP contribution in [0.4, 0.5) is 0 Å². The Labute approximate surface area is 186 Å². The summed E-state index contributed by atoms with van der Waals surface area (Å²) in [5, 5.41) is 3.32. The van der Waals surface area contributed by atoms with Crippen molar-refractivity contribution in [1.82, 2.24) is 5.32 Å². The highest BCUT2D eigenvalue weighted by molar-refractivity contribution is 5.69. The smallest absolute Gasteiger partial charge is 0.305 e. The van der Waals surface area contributed by atoms with E-state index >= 15 is 0 Å². The van der Waals surface area contributed by atoms with E-state index in [9.17, 15) is 4.79 Å². The molecular weight excluding hydrogens is 378 g/mol. The van der Waals surface area contributed by atoms with Crippen LogP contribution in [0.25, 0.3) is 0 Å². The standard InChI is InChI=1S/C25H49NO4/c1-2-3-4-5-6-7-8-9-10-11-12-13-14-15-25(27)30-23-21-28-20-22-29-24-16-18-26-19-17-24/h24,26H,2-23H2,1H3. The van der Waals surface area contributed by atoms with Gasteiger partial charge < -0.3 is 19.5 Å². The van der Waals surface area contributed by atoms with E-state index in [0.29, 0.717) is 39.0 Å². The molecule has 1 fully saturated rings. The minimum atomic E-state index is -0.0902. The van der Waals surface area contributed by atoms with Gasteiger partial charge in [0.1, 0.15) is 6.61 Å². The minimum Gasteiger partial charge on any atom is -0.463 e. The Morgan fingerprint density at radius 3 is 1.87 bits per heavy atom. The van der Waals surface area contributed by atoms with Crippen LogP contribution in [0.3, 0.4) is 0 Å². The van der Waals surface area contributed by atoms with Crippen LogP contribution in [-0.4, -0.2) is 51.6 Å². The van der Waals surface area contributed by atoms with Crippen molar-refractivity contribution < 1.29 is 19.0 Å². The first-order valence-electron chi connectivity index (χ1n) is 12.9. The van der Waals surface area contributed by atoms with E-state index in [4.69, 9.17) is 14.2 Å². The number of hydrogen-bond donors (Lipinski definition) is 1. The van der Waals surface area contributed by atoms with Gasteiger partial charge in [-0.2, -0.15) is 0 Å². The van der Waals surface area contributed by atoms with Gasteiger partial charge in [-0.25, -0.2) is 0 Å². The molecule has 1 N–H and O–H groups in total. The van der Waals surface area contributed by atoms with Crippen molar-refractivity contribution in [2.24, 2.45) is 0 Å². The van der Waals surface area contributed by atoms with Crippen molar-refractivity contribution in [3.8, 4) is 0 Å². The maximum Gasteiger partial charge on any atom is 0.305 e. The van der Waals surface area contributed by atoms with E-state index in [2.05, 4.69) is 12.2 Å². The molecule has 0 atom stereocenters. The number of hydrogen-bond acceptors (Lipinski definition) is 5. The lowest BCUT2D eigenvalue weighted by molar-refractivity contribution is -0.145. The van der Waals surface area contributed by atoms with E-state index in [0.717, 1.165) is 38.8 Å². The molecule has 0 saturated carbocycles. The van der Waals surface area contributed by atoms with Crippen molar-refractivity contribution in [3.63, 3.8) is 0 Å². The molecule has 0 aromatic rings. The molecule has 0 aromatic carbocycles. The Hall–Kier alpha value is -0.650. The van der Waals surface area contributed by atoms with Crippen LogP contribution < -0.4 is 5.32 Å². The van der Waals surface area contributed by atoms with Gasteiger partial charge in [-0.3, -0.25) is 4.79 Å². The van der Waals surface area contributed by atoms with Gasteiger partial charge in [0.15, 0.2) is 0 Å². The van der Waals surface area contributed by atoms with Crippen LogP contribution in [-0.2, 0) is 19.0 Å². The molecule has 1 aliphatic heterocycles. The van der Waals surface area contributed by atoms with E-state index < -0.39 is 0 Å². The fourth-order valence-electron chi connectivity index (χ4n) is 3.91. The van der Waals surface area contributed by atoms with Gasteiger partial charge in [0.05, 0.1) is 25.9 Å². The molecule has 0 aromatic heterocycles. The summed E-state index contributed by atoms with van der Waals surface area (Å²) in [7, 11) is 0. The lowest BCUT2D eigenvalue weighted by atomic mass is 10.0. The summed E-state index contributed by atoms with van der Waals surface area (Å²) >= 11 is 0. The van der Waals surface area contributed by atoms with Crippen molar-refractivity contribution >= 4 is 5.97 Å². The average molecular weight is 428 g/mol. The molecule has 0 spiro atoms. The van der Waals surface area contributed by atoms with E-state index in [1.807, 2.05) is 0 Å². The lowest BCUT2D eigenvalue weighted by Gasteiger charge is -2.22. The summed E-state index contributed by atoms with van der Waals surface area (Å²) in [4.78, 5) is 11.7. The molecular formula is C25H49NO4. The summed E-state index contributed by atoms with van der Waals surface area (Å²) in [6.07, 6.45) is 20.2. The molecule has 1 heterocycles. The Balaban J connectivity index is 1.72. The third-order valence-corrected chi connectivity index (χ3v) is 5.84. The number of piperidine rings is 1. The quantitative estimate of drug-likeness (QED) is 0.185. The number of carbonyl (C=O) groups excluding carboxylic acids is 1. The van der Waals surface area contributed by atoms with Gasteiger partial charge in [0.2, 0.25) is 0 Å². The van der Waals surface area contributed by atoms with Crippen molar-refractivity contribution in [2.45, 2.75) is 116 Å². The normalized spacial score (nSPS) is 14.8. The molecule has 0 radical (unpaired) electrons. The highest BCUT2D eigenvalue weighted by Gasteiger charge is 2.12. The Morgan fingerprint density at radius 2 is 1.27 bits per heavy atom. The first-order valence-corrected chi connectivity index (χ1v) is 12.9. The highest BCUT2D eigenvalue weighted by Crippen LogP contribution is 2.13. The number of nitrogens with one attached hydrogen (secondary N) is 1. The SMILES string of the molecule is CCCCCCCCCCCCCCCC(=O)OCCOCCOC1CCNCC1. The molecule has 5 nitrogen and oxygen atoms in total. The maximum atomic E-state index is 11.7. The van der Waals surface area contributed by atoms with Gasteiger partial charge in [-0.05, 0) is 32.4 Å². The second kappa shape index (κ2) is 21.6. The monoisotopic (exact) mass is 427 g/mol. The minimum absolute atomic E-state index is 0.0902. The summed E-state index contributed by atoms with van der Waals surface area (Å²) in [5.74, 6) is -0.0902. The fraction of sp³-hybridized carbons (Fsp3) is 0.960. The Kier molecular flexibility index (Phi) is 19.7. The molecule has 1 aliphatic rings. The molecule has 5 heteroatoms. The molecule has 178 valence electrons. The van der Waals surface area contributed by atoms with Crippen LogP contribution in [0.5, 0.6) is 0 Å². The lowest BCUT2D eigenvalue weighted by Crippen LogP contribution is -2.33. The molecule has 0 unspecified atom stereocenters. The molecule has 0 amide bonds. The zero-order chi connectivity index (χ0) is 21.5. The van der Waals surface area contributed by atoms with Crippen LogP contribution >= 0.6 is 0 Å². The molecule has 30 heavy (non-hydrogen) atoms. The van der Waals surface area contributed by atoms with Crippen LogP contribution in [0.1, 0.15) is 110 Å². The number of rotatable bonds is 21. The average Bonchev–Trinajstić information content (AvgIpc) is 2.77. The van der Waals surface area contributed by atoms with Gasteiger partial charge in [0.25, 0.3) is 0 Å². The second-order valence-electron chi connectivity index (χ2n) is 8.65. The predicted molar refractivity (Wildman–Crippen MR) is 124 cm³/mol. The largest absolute Gasteiger partial charge is 0.463 e. The van der Waals surface area contributed by atoms with Gasteiger partial charge in [-0.1, -0.05) is 84.0 Å². The number of esters is 1. The van der Waals surface area contributed by atoms with Gasteiger partial charge >= 0.3 is 5.97 Å². The first kappa shape index (κ1) is 27.4. The summed E-state index contributed by atoms with van der Waals surface area (Å²) in [5.41, 5.74) is 0. The maximum absolute atomic E-state index is 11.7. The molecule has 1 rings (SSSR count). The number of unbranched alkanes of at least 4 members (excludes halogenated alkanes) is 12. The summed E-state index contributed by atoms with van der Waals surface area (Å²) in [6.45, 7) is 6.36. The number of carbonyl (C=O) groups is 1. The van der Waals surface area contributed by atoms with Gasteiger partial charge in [-0.15, -0.1) is 0 Å². The summed E-state index contributed by atoms with van der Waals surface area (Å²) in [6, 6.07) is 0. The molecule has 1 saturated heterocycles. The van der Waals surface area contributed by atoms with Crippen molar-refractivity contribution in [3.05, 3.63) is 0 Å². The van der Waals surface area contributed by atoms with E-state index in [-0.39, 0.29) is 5.97 Å². The zero-order valence-corrected chi connectivity index (χ0v) is 19.8. The summed E-state index contributed by atoms with van der Waals surface area (Å²) < 4.78 is 16.5. The predicted octanol–water partition coefficient (Wildman–Crippen LogP) is 5.80. The fourth-order valence-corrected chi connectivity index (χ4v) is 3.91. The van der Waals surface area contributed by atoms with Crippen molar-refractivity contribution in [1.29, 1.82) is 0 Å². The van der Waals surface area contributed by atoms with E-state index in [1.54, 1.807) is 0 Å². The van der Waals surface area contributed by atoms with E-state index in [1.165, 1.54) is 70.6 Å². The van der Waals surface area contributed by atoms with Crippen LogP contribution in [0.2, 0.25) is 0 Å². The Bertz CT molecular complexity index is 372. The van der Waals surface area contributed by atoms with Gasteiger partial charge in [0, 0.05) is 6.42 Å². The third kappa shape index (κ3) is 18.1. The van der Waals surface area contributed by atoms with Crippen molar-refractivity contribution in [2.75, 3.05) is 39.5 Å². The Morgan fingerprint density at radius 1 is 0.733 bits per heavy atom. The third-order valence-electron chi connectivity index (χ3n) is 5.84. The number of ether oxygens (including phenoxy) is 3. The molecule has 0 aliphatic carbocycles.